The molecule has 10 nitrogen and oxygen atoms in total. The predicted molar refractivity (Wildman–Crippen MR) is 148 cm³/mol. The maximum Gasteiger partial charge on any atom is 0.407 e. The van der Waals surface area contributed by atoms with Gasteiger partial charge in [-0.1, -0.05) is 0 Å². The van der Waals surface area contributed by atoms with Gasteiger partial charge in [0.1, 0.15) is 28.5 Å². The minimum absolute atomic E-state index is 0.0667. The van der Waals surface area contributed by atoms with Crippen molar-refractivity contribution in [2.45, 2.75) is 32.9 Å². The Kier molecular flexibility index (Phi) is 8.32. The van der Waals surface area contributed by atoms with Gasteiger partial charge in [0.15, 0.2) is 11.6 Å². The number of carbonyl (C=O) groups excluding carboxylic acids is 2. The molecular weight excluding hydrogens is 536 g/mol. The Morgan fingerprint density at radius 3 is 2.44 bits per heavy atom. The lowest BCUT2D eigenvalue weighted by Gasteiger charge is -2.20. The number of benzene rings is 2. The van der Waals surface area contributed by atoms with E-state index in [1.54, 1.807) is 20.8 Å². The quantitative estimate of drug-likeness (QED) is 0.282. The average molecular weight is 564 g/mol. The van der Waals surface area contributed by atoms with Gasteiger partial charge in [-0.3, -0.25) is 14.2 Å². The molecule has 0 atom stereocenters. The van der Waals surface area contributed by atoms with Crippen LogP contribution in [0.4, 0.5) is 25.1 Å². The van der Waals surface area contributed by atoms with Crippen LogP contribution in [0.2, 0.25) is 0 Å². The normalized spacial score (nSPS) is 11.0. The molecule has 0 spiro atoms. The number of nitrogens with two attached hydrogens (primary N) is 1. The fourth-order valence-corrected chi connectivity index (χ4v) is 3.69. The third-order valence-electron chi connectivity index (χ3n) is 5.56. The first-order valence-electron chi connectivity index (χ1n) is 12.4. The number of rotatable bonds is 7. The number of hydrogen-bond acceptors (Lipinski definition) is 7. The summed E-state index contributed by atoms with van der Waals surface area (Å²) < 4.78 is 40.4. The van der Waals surface area contributed by atoms with Crippen molar-refractivity contribution in [3.63, 3.8) is 0 Å². The van der Waals surface area contributed by atoms with Crippen LogP contribution in [0.25, 0.3) is 5.69 Å². The zero-order valence-electron chi connectivity index (χ0n) is 22.4. The number of carbonyl (C=O) groups is 2. The second-order valence-corrected chi connectivity index (χ2v) is 9.80. The van der Waals surface area contributed by atoms with E-state index in [9.17, 15) is 18.8 Å². The molecule has 4 N–H and O–H groups in total. The number of alkyl carbamates (subject to hydrolysis) is 1. The molecule has 2 heterocycles. The third kappa shape index (κ3) is 7.24. The monoisotopic (exact) mass is 563 g/mol. The predicted octanol–water partition coefficient (Wildman–Crippen LogP) is 5.16. The van der Waals surface area contributed by atoms with Crippen LogP contribution < -0.4 is 26.7 Å². The van der Waals surface area contributed by atoms with E-state index in [0.29, 0.717) is 11.3 Å². The number of halogens is 2. The number of nitrogens with zero attached hydrogens (tertiary/aromatic N) is 2. The van der Waals surface area contributed by atoms with E-state index in [2.05, 4.69) is 15.6 Å². The minimum Gasteiger partial charge on any atom is -0.454 e. The fraction of sp³-hybridized carbons (Fsp3) is 0.172. The zero-order valence-corrected chi connectivity index (χ0v) is 22.4. The number of hydrogen-bond donors (Lipinski definition) is 3. The van der Waals surface area contributed by atoms with Crippen molar-refractivity contribution in [1.82, 2.24) is 14.9 Å². The van der Waals surface area contributed by atoms with Crippen LogP contribution >= 0.6 is 0 Å². The maximum absolute atomic E-state index is 15.0. The summed E-state index contributed by atoms with van der Waals surface area (Å²) in [6.07, 6.45) is 2.13. The van der Waals surface area contributed by atoms with Gasteiger partial charge in [-0.2, -0.15) is 0 Å². The van der Waals surface area contributed by atoms with Crippen molar-refractivity contribution >= 4 is 23.5 Å². The Balaban J connectivity index is 1.49. The first-order chi connectivity index (χ1) is 19.4. The molecular formula is C29H27F2N5O5. The van der Waals surface area contributed by atoms with Crippen molar-refractivity contribution < 1.29 is 27.8 Å². The first kappa shape index (κ1) is 28.7. The van der Waals surface area contributed by atoms with Gasteiger partial charge in [-0.15, -0.1) is 0 Å². The van der Waals surface area contributed by atoms with E-state index in [1.807, 2.05) is 0 Å². The third-order valence-corrected chi connectivity index (χ3v) is 5.56. The molecule has 0 unspecified atom stereocenters. The van der Waals surface area contributed by atoms with Gasteiger partial charge in [0.05, 0.1) is 12.1 Å². The molecule has 0 aliphatic carbocycles. The highest BCUT2D eigenvalue weighted by Gasteiger charge is 2.19. The Labute approximate surface area is 233 Å². The Hall–Kier alpha value is -5.26. The van der Waals surface area contributed by atoms with Crippen LogP contribution in [0, 0.1) is 11.6 Å². The number of aromatic nitrogens is 2. The molecule has 212 valence electrons. The molecule has 2 amide bonds. The van der Waals surface area contributed by atoms with E-state index in [1.165, 1.54) is 71.6 Å². The Morgan fingerprint density at radius 2 is 1.76 bits per heavy atom. The molecule has 2 aromatic carbocycles. The molecule has 0 fully saturated rings. The van der Waals surface area contributed by atoms with E-state index in [-0.39, 0.29) is 35.1 Å². The van der Waals surface area contributed by atoms with Crippen molar-refractivity contribution in [2.75, 3.05) is 11.1 Å². The molecule has 0 saturated heterocycles. The lowest BCUT2D eigenvalue weighted by atomic mass is 10.2. The summed E-state index contributed by atoms with van der Waals surface area (Å²) >= 11 is 0. The number of anilines is 2. The Bertz CT molecular complexity index is 1650. The van der Waals surface area contributed by atoms with Crippen LogP contribution in [-0.4, -0.2) is 27.2 Å². The van der Waals surface area contributed by atoms with Crippen LogP contribution in [0.3, 0.4) is 0 Å². The van der Waals surface area contributed by atoms with Gasteiger partial charge in [0.2, 0.25) is 0 Å². The fourth-order valence-electron chi connectivity index (χ4n) is 3.69. The topological polar surface area (TPSA) is 138 Å². The van der Waals surface area contributed by atoms with Crippen molar-refractivity contribution in [3.8, 4) is 17.2 Å². The number of amides is 2. The van der Waals surface area contributed by atoms with E-state index in [4.69, 9.17) is 15.2 Å². The lowest BCUT2D eigenvalue weighted by molar-refractivity contribution is 0.0523. The summed E-state index contributed by atoms with van der Waals surface area (Å²) in [5, 5.41) is 5.05. The van der Waals surface area contributed by atoms with E-state index < -0.39 is 34.8 Å². The minimum atomic E-state index is -0.819. The molecule has 4 rings (SSSR count). The number of nitrogens with one attached hydrogen (secondary N) is 2. The molecule has 41 heavy (non-hydrogen) atoms. The van der Waals surface area contributed by atoms with Gasteiger partial charge in [-0.05, 0) is 75.4 Å². The van der Waals surface area contributed by atoms with Crippen molar-refractivity contribution in [1.29, 1.82) is 0 Å². The second kappa shape index (κ2) is 11.9. The van der Waals surface area contributed by atoms with Gasteiger partial charge in [-0.25, -0.2) is 18.6 Å². The SMILES string of the molecule is CC(C)(C)OC(=O)NCc1c(Oc2ccc(NC(=O)c3cccn(-c4ccc(F)cc4)c3=O)cc2F)ccnc1N. The summed E-state index contributed by atoms with van der Waals surface area (Å²) in [4.78, 5) is 41.8. The van der Waals surface area contributed by atoms with Crippen LogP contribution in [0.1, 0.15) is 36.7 Å². The zero-order chi connectivity index (χ0) is 29.7. The van der Waals surface area contributed by atoms with Crippen LogP contribution in [-0.2, 0) is 11.3 Å². The lowest BCUT2D eigenvalue weighted by Crippen LogP contribution is -2.32. The highest BCUT2D eigenvalue weighted by Crippen LogP contribution is 2.31. The average Bonchev–Trinajstić information content (AvgIpc) is 2.89. The summed E-state index contributed by atoms with van der Waals surface area (Å²) in [6.45, 7) is 5.07. The summed E-state index contributed by atoms with van der Waals surface area (Å²) in [5.41, 5.74) is 5.15. The van der Waals surface area contributed by atoms with Crippen molar-refractivity contribution in [2.24, 2.45) is 0 Å². The Morgan fingerprint density at radius 1 is 1.02 bits per heavy atom. The molecule has 0 aliphatic heterocycles. The molecule has 0 radical (unpaired) electrons. The number of nitrogen functional groups attached to an aromatic ring is 1. The highest BCUT2D eigenvalue weighted by atomic mass is 19.1. The van der Waals surface area contributed by atoms with E-state index >= 15 is 4.39 Å². The van der Waals surface area contributed by atoms with Crippen LogP contribution in [0.15, 0.2) is 77.9 Å². The largest absolute Gasteiger partial charge is 0.454 e. The summed E-state index contributed by atoms with van der Waals surface area (Å²) in [5.74, 6) is -2.03. The highest BCUT2D eigenvalue weighted by molar-refractivity contribution is 6.04. The summed E-state index contributed by atoms with van der Waals surface area (Å²) in [7, 11) is 0. The van der Waals surface area contributed by atoms with Gasteiger partial charge in [0, 0.05) is 29.8 Å². The first-order valence-corrected chi connectivity index (χ1v) is 12.4. The smallest absolute Gasteiger partial charge is 0.407 e. The standard InChI is InChI=1S/C29H27F2N5O5/c1-29(2,3)41-28(39)34-16-21-23(12-13-33-25(21)32)40-24-11-8-18(15-22(24)31)35-26(37)20-5-4-14-36(27(20)38)19-9-6-17(30)7-10-19/h4-15H,16H2,1-3H3,(H2,32,33)(H,34,39)(H,35,37). The van der Waals surface area contributed by atoms with Gasteiger partial charge >= 0.3 is 6.09 Å². The van der Waals surface area contributed by atoms with Gasteiger partial charge < -0.3 is 25.8 Å². The molecule has 0 aliphatic rings. The number of pyridine rings is 2. The molecule has 2 aromatic heterocycles. The number of ether oxygens (including phenoxy) is 2. The summed E-state index contributed by atoms with van der Waals surface area (Å²) in [6, 6.07) is 13.2. The van der Waals surface area contributed by atoms with Crippen molar-refractivity contribution in [3.05, 3.63) is 106 Å². The molecule has 0 bridgehead atoms. The molecule has 12 heteroatoms. The van der Waals surface area contributed by atoms with Crippen LogP contribution in [0.5, 0.6) is 11.5 Å². The van der Waals surface area contributed by atoms with Gasteiger partial charge in [0.25, 0.3) is 11.5 Å². The molecule has 0 saturated carbocycles. The maximum atomic E-state index is 15.0. The van der Waals surface area contributed by atoms with E-state index in [0.717, 1.165) is 6.07 Å². The molecule has 4 aromatic rings. The second-order valence-electron chi connectivity index (χ2n) is 9.80.